The second-order valence-corrected chi connectivity index (χ2v) is 7.70. The number of rotatable bonds is 7. The summed E-state index contributed by atoms with van der Waals surface area (Å²) in [6, 6.07) is 2.87. The van der Waals surface area contributed by atoms with Crippen molar-refractivity contribution in [1.82, 2.24) is 14.2 Å². The van der Waals surface area contributed by atoms with Gasteiger partial charge >= 0.3 is 0 Å². The van der Waals surface area contributed by atoms with Crippen molar-refractivity contribution in [2.45, 2.75) is 18.7 Å². The molecule has 114 valence electrons. The zero-order chi connectivity index (χ0) is 15.3. The van der Waals surface area contributed by atoms with E-state index in [-0.39, 0.29) is 16.0 Å². The minimum atomic E-state index is -3.53. The predicted molar refractivity (Wildman–Crippen MR) is 81.4 cm³/mol. The zero-order valence-corrected chi connectivity index (χ0v) is 13.9. The summed E-state index contributed by atoms with van der Waals surface area (Å²) in [5.41, 5.74) is 0. The van der Waals surface area contributed by atoms with Gasteiger partial charge in [-0.2, -0.15) is 4.31 Å². The number of sulfonamides is 1. The highest BCUT2D eigenvalue weighted by molar-refractivity contribution is 7.89. The number of likely N-dealkylation sites (N-methyl/N-ethyl adjacent to an activating group) is 1. The third kappa shape index (κ3) is 5.01. The number of hydrogen-bond donors (Lipinski definition) is 0. The Morgan fingerprint density at radius 1 is 1.30 bits per heavy atom. The van der Waals surface area contributed by atoms with Gasteiger partial charge in [0.25, 0.3) is 0 Å². The molecule has 0 saturated carbocycles. The maximum Gasteiger partial charge on any atom is 0.243 e. The zero-order valence-electron chi connectivity index (χ0n) is 12.4. The van der Waals surface area contributed by atoms with Crippen molar-refractivity contribution in [2.75, 3.05) is 33.7 Å². The number of aromatic nitrogens is 1. The van der Waals surface area contributed by atoms with E-state index in [1.807, 2.05) is 32.8 Å². The first-order chi connectivity index (χ1) is 9.23. The molecule has 0 spiro atoms. The largest absolute Gasteiger partial charge is 0.308 e. The molecule has 0 aliphatic carbocycles. The molecule has 0 unspecified atom stereocenters. The topological polar surface area (TPSA) is 53.5 Å². The van der Waals surface area contributed by atoms with E-state index >= 15 is 0 Å². The molecule has 1 aromatic rings. The lowest BCUT2D eigenvalue weighted by Gasteiger charge is -2.25. The second kappa shape index (κ2) is 7.36. The monoisotopic (exact) mass is 319 g/mol. The van der Waals surface area contributed by atoms with Gasteiger partial charge < -0.3 is 4.90 Å². The fourth-order valence-electron chi connectivity index (χ4n) is 1.72. The van der Waals surface area contributed by atoms with Crippen molar-refractivity contribution in [2.24, 2.45) is 5.92 Å². The molecule has 0 aliphatic rings. The van der Waals surface area contributed by atoms with Gasteiger partial charge in [-0.05, 0) is 32.1 Å². The number of nitrogens with zero attached hydrogens (tertiary/aromatic N) is 3. The van der Waals surface area contributed by atoms with Gasteiger partial charge in [-0.25, -0.2) is 13.4 Å². The fraction of sp³-hybridized carbons (Fsp3) is 0.615. The standard InChI is InChI=1S/C13H22ClN3O2S/c1-11(2)10-17(8-7-16(3)4)20(18,19)12-5-6-15-13(14)9-12/h5-6,9,11H,7-8,10H2,1-4H3. The molecule has 1 heterocycles. The molecule has 20 heavy (non-hydrogen) atoms. The van der Waals surface area contributed by atoms with Gasteiger partial charge in [0.05, 0.1) is 4.90 Å². The van der Waals surface area contributed by atoms with Crippen LogP contribution in [0, 0.1) is 5.92 Å². The van der Waals surface area contributed by atoms with Crippen LogP contribution in [0.2, 0.25) is 5.15 Å². The molecule has 0 fully saturated rings. The molecular weight excluding hydrogens is 298 g/mol. The van der Waals surface area contributed by atoms with Crippen molar-refractivity contribution in [1.29, 1.82) is 0 Å². The smallest absolute Gasteiger partial charge is 0.243 e. The average molecular weight is 320 g/mol. The SMILES string of the molecule is CC(C)CN(CCN(C)C)S(=O)(=O)c1ccnc(Cl)c1. The minimum absolute atomic E-state index is 0.184. The van der Waals surface area contributed by atoms with E-state index in [0.717, 1.165) is 0 Å². The van der Waals surface area contributed by atoms with Gasteiger partial charge in [-0.1, -0.05) is 25.4 Å². The van der Waals surface area contributed by atoms with Crippen molar-refractivity contribution >= 4 is 21.6 Å². The molecule has 0 atom stereocenters. The Hall–Kier alpha value is -0.690. The number of pyridine rings is 1. The molecule has 0 saturated heterocycles. The van der Waals surface area contributed by atoms with Crippen LogP contribution in [0.4, 0.5) is 0 Å². The highest BCUT2D eigenvalue weighted by atomic mass is 35.5. The Morgan fingerprint density at radius 2 is 1.95 bits per heavy atom. The maximum absolute atomic E-state index is 12.7. The lowest BCUT2D eigenvalue weighted by molar-refractivity contribution is 0.312. The van der Waals surface area contributed by atoms with E-state index < -0.39 is 10.0 Å². The minimum Gasteiger partial charge on any atom is -0.308 e. The lowest BCUT2D eigenvalue weighted by Crippen LogP contribution is -2.38. The average Bonchev–Trinajstić information content (AvgIpc) is 2.33. The van der Waals surface area contributed by atoms with Gasteiger partial charge in [0.1, 0.15) is 5.15 Å². The Bertz CT molecular complexity index is 532. The van der Waals surface area contributed by atoms with Crippen LogP contribution < -0.4 is 0 Å². The molecule has 0 aliphatic heterocycles. The maximum atomic E-state index is 12.7. The van der Waals surface area contributed by atoms with Gasteiger partial charge in [0, 0.05) is 25.8 Å². The fourth-order valence-corrected chi connectivity index (χ4v) is 3.57. The lowest BCUT2D eigenvalue weighted by atomic mass is 10.2. The normalized spacial score (nSPS) is 12.6. The summed E-state index contributed by atoms with van der Waals surface area (Å²) in [4.78, 5) is 5.97. The van der Waals surface area contributed by atoms with Crippen LogP contribution in [0.5, 0.6) is 0 Å². The quantitative estimate of drug-likeness (QED) is 0.721. The van der Waals surface area contributed by atoms with Crippen molar-refractivity contribution in [3.63, 3.8) is 0 Å². The molecule has 0 amide bonds. The Kier molecular flexibility index (Phi) is 6.39. The Morgan fingerprint density at radius 3 is 2.45 bits per heavy atom. The van der Waals surface area contributed by atoms with Crippen LogP contribution >= 0.6 is 11.6 Å². The van der Waals surface area contributed by atoms with E-state index in [9.17, 15) is 8.42 Å². The summed E-state index contributed by atoms with van der Waals surface area (Å²) in [7, 11) is 0.308. The van der Waals surface area contributed by atoms with Crippen molar-refractivity contribution < 1.29 is 8.42 Å². The molecule has 1 rings (SSSR count). The van der Waals surface area contributed by atoms with E-state index in [4.69, 9.17) is 11.6 Å². The summed E-state index contributed by atoms with van der Waals surface area (Å²) < 4.78 is 26.8. The summed E-state index contributed by atoms with van der Waals surface area (Å²) in [6.45, 7) is 5.60. The molecule has 0 radical (unpaired) electrons. The highest BCUT2D eigenvalue weighted by Crippen LogP contribution is 2.19. The molecular formula is C13H22ClN3O2S. The van der Waals surface area contributed by atoms with Crippen LogP contribution in [-0.4, -0.2) is 56.3 Å². The Balaban J connectivity index is 3.03. The first-order valence-electron chi connectivity index (χ1n) is 6.50. The van der Waals surface area contributed by atoms with Crippen LogP contribution in [0.25, 0.3) is 0 Å². The van der Waals surface area contributed by atoms with E-state index in [1.165, 1.54) is 22.6 Å². The molecule has 0 N–H and O–H groups in total. The second-order valence-electron chi connectivity index (χ2n) is 5.37. The summed E-state index contributed by atoms with van der Waals surface area (Å²) >= 11 is 5.79. The van der Waals surface area contributed by atoms with Gasteiger partial charge in [-0.15, -0.1) is 0 Å². The summed E-state index contributed by atoms with van der Waals surface area (Å²) in [6.07, 6.45) is 1.41. The van der Waals surface area contributed by atoms with E-state index in [0.29, 0.717) is 19.6 Å². The third-order valence-corrected chi connectivity index (χ3v) is 4.77. The van der Waals surface area contributed by atoms with Crippen LogP contribution in [0.3, 0.4) is 0 Å². The number of halogens is 1. The molecule has 7 heteroatoms. The first kappa shape index (κ1) is 17.4. The number of hydrogen-bond acceptors (Lipinski definition) is 4. The molecule has 0 bridgehead atoms. The van der Waals surface area contributed by atoms with Crippen LogP contribution in [-0.2, 0) is 10.0 Å². The summed E-state index contributed by atoms with van der Waals surface area (Å²) in [5.74, 6) is 0.254. The third-order valence-electron chi connectivity index (χ3n) is 2.70. The van der Waals surface area contributed by atoms with E-state index in [2.05, 4.69) is 4.98 Å². The van der Waals surface area contributed by atoms with Gasteiger partial charge in [0.2, 0.25) is 10.0 Å². The molecule has 0 aromatic carbocycles. The predicted octanol–water partition coefficient (Wildman–Crippen LogP) is 1.94. The van der Waals surface area contributed by atoms with E-state index in [1.54, 1.807) is 0 Å². The van der Waals surface area contributed by atoms with Crippen molar-refractivity contribution in [3.05, 3.63) is 23.5 Å². The van der Waals surface area contributed by atoms with Crippen LogP contribution in [0.1, 0.15) is 13.8 Å². The van der Waals surface area contributed by atoms with Crippen molar-refractivity contribution in [3.8, 4) is 0 Å². The Labute approximate surface area is 126 Å². The first-order valence-corrected chi connectivity index (χ1v) is 8.31. The van der Waals surface area contributed by atoms with Gasteiger partial charge in [0.15, 0.2) is 0 Å². The highest BCUT2D eigenvalue weighted by Gasteiger charge is 2.25. The van der Waals surface area contributed by atoms with Crippen LogP contribution in [0.15, 0.2) is 23.2 Å². The molecule has 5 nitrogen and oxygen atoms in total. The van der Waals surface area contributed by atoms with Gasteiger partial charge in [-0.3, -0.25) is 0 Å². The summed E-state index contributed by atoms with van der Waals surface area (Å²) in [5, 5.41) is 0.184. The molecule has 1 aromatic heterocycles.